The van der Waals surface area contributed by atoms with Gasteiger partial charge >= 0.3 is 0 Å². The predicted molar refractivity (Wildman–Crippen MR) is 69.6 cm³/mol. The minimum atomic E-state index is -0.211. The van der Waals surface area contributed by atoms with E-state index in [4.69, 9.17) is 0 Å². The minimum absolute atomic E-state index is 0.211. The van der Waals surface area contributed by atoms with Crippen LogP contribution in [-0.4, -0.2) is 22.9 Å². The van der Waals surface area contributed by atoms with E-state index < -0.39 is 0 Å². The molecule has 5 atom stereocenters. The van der Waals surface area contributed by atoms with Gasteiger partial charge in [-0.3, -0.25) is 0 Å². The van der Waals surface area contributed by atoms with Crippen LogP contribution in [0, 0.1) is 23.2 Å². The first-order valence-electron chi connectivity index (χ1n) is 6.94. The van der Waals surface area contributed by atoms with Crippen molar-refractivity contribution >= 4 is 0 Å². The van der Waals surface area contributed by atoms with E-state index >= 15 is 0 Å². The summed E-state index contributed by atoms with van der Waals surface area (Å²) >= 11 is 0. The van der Waals surface area contributed by atoms with Crippen LogP contribution in [0.25, 0.3) is 0 Å². The lowest BCUT2D eigenvalue weighted by Crippen LogP contribution is -2.44. The molecule has 0 saturated heterocycles. The molecule has 0 unspecified atom stereocenters. The zero-order chi connectivity index (χ0) is 12.6. The molecule has 2 N–H and O–H groups in total. The summed E-state index contributed by atoms with van der Waals surface area (Å²) in [6, 6.07) is 0. The predicted octanol–water partition coefficient (Wildman–Crippen LogP) is 2.75. The number of hydrogen-bond acceptors (Lipinski definition) is 2. The van der Waals surface area contributed by atoms with E-state index in [9.17, 15) is 10.2 Å². The zero-order valence-corrected chi connectivity index (χ0v) is 11.2. The summed E-state index contributed by atoms with van der Waals surface area (Å²) < 4.78 is 0. The normalized spacial score (nSPS) is 46.4. The van der Waals surface area contributed by atoms with Gasteiger partial charge in [0.1, 0.15) is 0 Å². The van der Waals surface area contributed by atoms with Crippen molar-refractivity contribution in [3.63, 3.8) is 0 Å². The largest absolute Gasteiger partial charge is 0.396 e. The third kappa shape index (κ3) is 2.17. The number of allylic oxidation sites excluding steroid dienone is 1. The molecular formula is C15H26O2. The Morgan fingerprint density at radius 1 is 1.41 bits per heavy atom. The SMILES string of the molecule is C=C(C)[C@@H]1CC[C@@]2(C1)[C@H](CO)C[C@@H](O)C[C@H]2C. The fourth-order valence-corrected chi connectivity index (χ4v) is 4.31. The van der Waals surface area contributed by atoms with Crippen LogP contribution in [0.4, 0.5) is 0 Å². The van der Waals surface area contributed by atoms with E-state index in [0.717, 1.165) is 12.8 Å². The van der Waals surface area contributed by atoms with Crippen molar-refractivity contribution in [3.8, 4) is 0 Å². The molecule has 0 aromatic rings. The van der Waals surface area contributed by atoms with Crippen molar-refractivity contribution in [3.05, 3.63) is 12.2 Å². The lowest BCUT2D eigenvalue weighted by molar-refractivity contribution is -0.0552. The number of aliphatic hydroxyl groups excluding tert-OH is 2. The van der Waals surface area contributed by atoms with Crippen LogP contribution in [0.5, 0.6) is 0 Å². The smallest absolute Gasteiger partial charge is 0.0546 e. The molecule has 98 valence electrons. The second-order valence-electron chi connectivity index (χ2n) is 6.43. The van der Waals surface area contributed by atoms with Crippen LogP contribution in [0.15, 0.2) is 12.2 Å². The van der Waals surface area contributed by atoms with Gasteiger partial charge in [0.05, 0.1) is 6.10 Å². The Labute approximate surface area is 105 Å². The second kappa shape index (κ2) is 4.74. The maximum absolute atomic E-state index is 9.87. The summed E-state index contributed by atoms with van der Waals surface area (Å²) in [5.74, 6) is 1.43. The van der Waals surface area contributed by atoms with Crippen molar-refractivity contribution in [2.24, 2.45) is 23.2 Å². The highest BCUT2D eigenvalue weighted by molar-refractivity contribution is 5.08. The molecule has 0 radical (unpaired) electrons. The number of aliphatic hydroxyl groups is 2. The third-order valence-electron chi connectivity index (χ3n) is 5.48. The molecule has 0 bridgehead atoms. The van der Waals surface area contributed by atoms with Gasteiger partial charge in [-0.15, -0.1) is 0 Å². The summed E-state index contributed by atoms with van der Waals surface area (Å²) in [5.41, 5.74) is 1.55. The van der Waals surface area contributed by atoms with Crippen LogP contribution >= 0.6 is 0 Å². The van der Waals surface area contributed by atoms with Gasteiger partial charge in [-0.1, -0.05) is 19.1 Å². The summed E-state index contributed by atoms with van der Waals surface area (Å²) in [7, 11) is 0. The van der Waals surface area contributed by atoms with Gasteiger partial charge in [-0.05, 0) is 62.2 Å². The van der Waals surface area contributed by atoms with E-state index in [1.807, 2.05) is 0 Å². The molecule has 17 heavy (non-hydrogen) atoms. The molecule has 2 rings (SSSR count). The van der Waals surface area contributed by atoms with E-state index in [1.54, 1.807) is 0 Å². The number of hydrogen-bond donors (Lipinski definition) is 2. The molecule has 0 aromatic heterocycles. The Morgan fingerprint density at radius 3 is 2.65 bits per heavy atom. The molecule has 1 spiro atoms. The lowest BCUT2D eigenvalue weighted by atomic mass is 9.58. The average molecular weight is 238 g/mol. The highest BCUT2D eigenvalue weighted by atomic mass is 16.3. The highest BCUT2D eigenvalue weighted by Gasteiger charge is 2.51. The summed E-state index contributed by atoms with van der Waals surface area (Å²) in [5, 5.41) is 19.5. The van der Waals surface area contributed by atoms with Gasteiger partial charge in [-0.25, -0.2) is 0 Å². The molecule has 2 heteroatoms. The highest BCUT2D eigenvalue weighted by Crippen LogP contribution is 2.58. The Kier molecular flexibility index (Phi) is 3.65. The van der Waals surface area contributed by atoms with Crippen molar-refractivity contribution in [2.75, 3.05) is 6.61 Å². The monoisotopic (exact) mass is 238 g/mol. The summed E-state index contributed by atoms with van der Waals surface area (Å²) in [6.07, 6.45) is 5.05. The van der Waals surface area contributed by atoms with Crippen molar-refractivity contribution in [2.45, 2.75) is 52.1 Å². The Balaban J connectivity index is 2.19. The molecule has 0 aliphatic heterocycles. The molecule has 0 amide bonds. The molecule has 2 aliphatic rings. The van der Waals surface area contributed by atoms with E-state index in [-0.39, 0.29) is 24.0 Å². The van der Waals surface area contributed by atoms with Crippen LogP contribution in [0.1, 0.15) is 46.0 Å². The molecule has 2 nitrogen and oxygen atoms in total. The standard InChI is InChI=1S/C15H26O2/c1-10(2)12-4-5-15(8-12)11(3)6-14(17)7-13(15)9-16/h11-14,16-17H,1,4-9H2,2-3H3/t11-,12-,13+,14+,15+/m1/s1. The fourth-order valence-electron chi connectivity index (χ4n) is 4.31. The second-order valence-corrected chi connectivity index (χ2v) is 6.43. The molecule has 2 fully saturated rings. The Bertz CT molecular complexity index is 299. The van der Waals surface area contributed by atoms with E-state index in [1.165, 1.54) is 24.8 Å². The lowest BCUT2D eigenvalue weighted by Gasteiger charge is -2.48. The molecular weight excluding hydrogens is 212 g/mol. The summed E-state index contributed by atoms with van der Waals surface area (Å²) in [6.45, 7) is 8.70. The van der Waals surface area contributed by atoms with Gasteiger partial charge in [0, 0.05) is 6.61 Å². The molecule has 2 saturated carbocycles. The van der Waals surface area contributed by atoms with Gasteiger partial charge in [0.15, 0.2) is 0 Å². The first-order valence-corrected chi connectivity index (χ1v) is 6.94. The van der Waals surface area contributed by atoms with Gasteiger partial charge in [0.2, 0.25) is 0 Å². The van der Waals surface area contributed by atoms with Crippen LogP contribution in [0.2, 0.25) is 0 Å². The fraction of sp³-hybridized carbons (Fsp3) is 0.867. The van der Waals surface area contributed by atoms with Crippen molar-refractivity contribution < 1.29 is 10.2 Å². The maximum Gasteiger partial charge on any atom is 0.0546 e. The van der Waals surface area contributed by atoms with Gasteiger partial charge < -0.3 is 10.2 Å². The van der Waals surface area contributed by atoms with E-state index in [2.05, 4.69) is 20.4 Å². The minimum Gasteiger partial charge on any atom is -0.396 e. The quantitative estimate of drug-likeness (QED) is 0.726. The topological polar surface area (TPSA) is 40.5 Å². The van der Waals surface area contributed by atoms with Gasteiger partial charge in [0.25, 0.3) is 0 Å². The van der Waals surface area contributed by atoms with Crippen LogP contribution in [0.3, 0.4) is 0 Å². The first-order chi connectivity index (χ1) is 7.99. The third-order valence-corrected chi connectivity index (χ3v) is 5.48. The molecule has 0 aromatic carbocycles. The molecule has 2 aliphatic carbocycles. The molecule has 0 heterocycles. The number of rotatable bonds is 2. The van der Waals surface area contributed by atoms with Crippen LogP contribution < -0.4 is 0 Å². The van der Waals surface area contributed by atoms with Gasteiger partial charge in [-0.2, -0.15) is 0 Å². The average Bonchev–Trinajstić information content (AvgIpc) is 2.70. The van der Waals surface area contributed by atoms with E-state index in [0.29, 0.717) is 11.8 Å². The Morgan fingerprint density at radius 2 is 2.12 bits per heavy atom. The van der Waals surface area contributed by atoms with Crippen molar-refractivity contribution in [1.82, 2.24) is 0 Å². The summed E-state index contributed by atoms with van der Waals surface area (Å²) in [4.78, 5) is 0. The zero-order valence-electron chi connectivity index (χ0n) is 11.2. The Hall–Kier alpha value is -0.340. The maximum atomic E-state index is 9.87. The first kappa shape index (κ1) is 13.1. The van der Waals surface area contributed by atoms with Crippen molar-refractivity contribution in [1.29, 1.82) is 0 Å². The van der Waals surface area contributed by atoms with Crippen LogP contribution in [-0.2, 0) is 0 Å².